The number of nitrogens with one attached hydrogen (secondary N) is 6. The summed E-state index contributed by atoms with van der Waals surface area (Å²) in [4.78, 5) is 64.7. The maximum absolute atomic E-state index is 15.0. The van der Waals surface area contributed by atoms with Crippen LogP contribution in [0.1, 0.15) is 113 Å². The molecule has 4 amide bonds. The smallest absolute Gasteiger partial charge is 0.205 e. The molecule has 21 heteroatoms. The van der Waals surface area contributed by atoms with Gasteiger partial charge < -0.3 is 25.1 Å². The van der Waals surface area contributed by atoms with Crippen molar-refractivity contribution in [3.8, 4) is 10.4 Å². The van der Waals surface area contributed by atoms with Gasteiger partial charge in [0.05, 0.1) is 12.1 Å². The Kier molecular flexibility index (Phi) is 19.2. The number of aryl methyl sites for hydroxylation is 2. The Morgan fingerprint density at radius 1 is 1.01 bits per heavy atom. The molecule has 5 aliphatic heterocycles. The number of alkyl halides is 4. The van der Waals surface area contributed by atoms with Gasteiger partial charge in [-0.05, 0) is 60.9 Å². The second-order valence-corrected chi connectivity index (χ2v) is 25.1. The van der Waals surface area contributed by atoms with Crippen LogP contribution in [-0.4, -0.2) is 136 Å². The Labute approximate surface area is 459 Å². The number of benzene rings is 2. The van der Waals surface area contributed by atoms with Crippen LogP contribution in [0.5, 0.6) is 0 Å². The van der Waals surface area contributed by atoms with Crippen molar-refractivity contribution < 1.29 is 58.7 Å². The molecular weight excluding hydrogens is 1110 g/mol. The molecule has 2 aromatic carbocycles. The number of fused-ring (bicyclic) bond motifs is 1. The van der Waals surface area contributed by atoms with Gasteiger partial charge in [-0.3, -0.25) is 15.0 Å². The first-order chi connectivity index (χ1) is 36.4. The molecule has 17 nitrogen and oxygen atoms in total. The number of anilines is 1. The molecule has 0 aliphatic carbocycles. The van der Waals surface area contributed by atoms with E-state index < -0.39 is 49.9 Å². The van der Waals surface area contributed by atoms with Gasteiger partial charge in [-0.1, -0.05) is 0 Å². The fourth-order valence-electron chi connectivity index (χ4n) is 10.6. The van der Waals surface area contributed by atoms with Gasteiger partial charge in [0.15, 0.2) is 0 Å². The van der Waals surface area contributed by atoms with Crippen molar-refractivity contribution in [2.45, 2.75) is 123 Å². The van der Waals surface area contributed by atoms with Crippen molar-refractivity contribution in [3.05, 3.63) is 92.5 Å². The van der Waals surface area contributed by atoms with Crippen molar-refractivity contribution in [3.63, 3.8) is 0 Å². The third-order valence-corrected chi connectivity index (χ3v) is 18.7. The van der Waals surface area contributed by atoms with Crippen LogP contribution < -0.4 is 52.8 Å². The second kappa shape index (κ2) is 25.6. The zero-order valence-corrected chi connectivity index (χ0v) is 47.5. The van der Waals surface area contributed by atoms with E-state index >= 15 is 8.78 Å². The molecule has 0 bridgehead atoms. The molecule has 3 aromatic rings. The summed E-state index contributed by atoms with van der Waals surface area (Å²) in [6.07, 6.45) is 5.12. The first-order valence-electron chi connectivity index (χ1n) is 26.7. The van der Waals surface area contributed by atoms with E-state index in [4.69, 9.17) is 4.74 Å². The minimum atomic E-state index is -2.77. The van der Waals surface area contributed by atoms with Gasteiger partial charge in [-0.15, -0.1) is 0 Å². The maximum Gasteiger partial charge on any atom is 0.264 e. The second-order valence-electron chi connectivity index (χ2n) is 21.6. The third-order valence-electron chi connectivity index (χ3n) is 15.0. The van der Waals surface area contributed by atoms with E-state index in [9.17, 15) is 29.8 Å². The standard InChI is InChI=1S/C55H75F2IN11O6S/c1-35-49(76-34-63-35)37-14-12-36(13-15-37)29-62-53(72)46-28-58-33-68(46)54(73)50(55(2,3)4)65-47(70)11-7-6-8-20-61-48(71)31-66-22-16-39(30-66)41-26-38-10-9-21-67(45(38)27-42(41)51(56)57)52(59)43-32-69(74,60-5)23-17-44(43)64-40-18-24-75-25-19-40/h12-15,26-27,30,34,40,46,50-51,59-60,64H,6-11,16-25,28-29,31-33H2,1-5H3,(H,61,71)(H,62,72)(H,65,70)/q-1. The van der Waals surface area contributed by atoms with Gasteiger partial charge in [0, 0.05) is 69.0 Å². The number of quaternary nitrogens is 1. The minimum absolute atomic E-state index is 0.0451. The Bertz CT molecular complexity index is 2660. The number of aromatic nitrogens is 1. The number of amides is 4. The van der Waals surface area contributed by atoms with E-state index in [1.54, 1.807) is 34.4 Å². The topological polar surface area (TPSA) is 207 Å². The van der Waals surface area contributed by atoms with E-state index in [0.29, 0.717) is 110 Å². The van der Waals surface area contributed by atoms with Crippen LogP contribution in [-0.2, 0) is 36.9 Å². The number of rotatable bonds is 20. The van der Waals surface area contributed by atoms with Crippen LogP contribution in [0.15, 0.2) is 59.4 Å². The normalized spacial score (nSPS) is 20.7. The van der Waals surface area contributed by atoms with Crippen molar-refractivity contribution >= 4 is 52.1 Å². The van der Waals surface area contributed by atoms with Gasteiger partial charge in [-0.2, -0.15) is 5.43 Å². The number of halogens is 3. The predicted octanol–water partition coefficient (Wildman–Crippen LogP) is 3.49. The number of hydrogen-bond donors (Lipinski definition) is 6. The molecule has 3 atom stereocenters. The van der Waals surface area contributed by atoms with Crippen LogP contribution in [0, 0.1) is 23.0 Å². The van der Waals surface area contributed by atoms with E-state index in [0.717, 1.165) is 57.8 Å². The van der Waals surface area contributed by atoms with Gasteiger partial charge in [0.2, 0.25) is 5.91 Å². The van der Waals surface area contributed by atoms with Crippen molar-refractivity contribution in [1.82, 2.24) is 41.5 Å². The number of unbranched alkanes of at least 4 members (excludes halogenated alkanes) is 2. The molecule has 0 saturated carbocycles. The maximum atomic E-state index is 15.0. The van der Waals surface area contributed by atoms with Crippen LogP contribution in [0.4, 0.5) is 14.5 Å². The fourth-order valence-corrected chi connectivity index (χ4v) is 14.5. The SMILES string of the molecule is CN[N+]1([O-])CCC(NC2CCOCC2)=C(C(=N)N2CCCc3cc(C4=CN(CC(=O)NCCCCCC(=O)NC(C(=O)N5C[I-]CC5C(=O)NCc5ccc(-c6scnc6C)cc5)C(C)(C)C)CC4)c(C(F)F)cc32)C1. The zero-order valence-electron chi connectivity index (χ0n) is 44.5. The van der Waals surface area contributed by atoms with Crippen molar-refractivity contribution in [1.29, 1.82) is 5.41 Å². The molecule has 2 fully saturated rings. The molecule has 2 saturated heterocycles. The number of hydroxylamine groups is 2. The summed E-state index contributed by atoms with van der Waals surface area (Å²) in [6, 6.07) is 10.2. The molecule has 1 aromatic heterocycles. The summed E-state index contributed by atoms with van der Waals surface area (Å²) in [5, 5.41) is 35.6. The summed E-state index contributed by atoms with van der Waals surface area (Å²) in [5.41, 5.74) is 11.1. The predicted molar refractivity (Wildman–Crippen MR) is 287 cm³/mol. The monoisotopic (exact) mass is 1180 g/mol. The zero-order chi connectivity index (χ0) is 54.1. The molecule has 0 spiro atoms. The number of carbonyl (C=O) groups is 4. The molecule has 414 valence electrons. The van der Waals surface area contributed by atoms with Crippen LogP contribution in [0.3, 0.4) is 0 Å². The third kappa shape index (κ3) is 14.1. The largest absolute Gasteiger partial charge is 0.264 e. The first-order valence-corrected chi connectivity index (χ1v) is 30.6. The van der Waals surface area contributed by atoms with Gasteiger partial charge in [0.1, 0.15) is 18.9 Å². The Balaban J connectivity index is 0.790. The Morgan fingerprint density at radius 3 is 2.50 bits per heavy atom. The number of nitrogens with zero attached hydrogens (tertiary/aromatic N) is 5. The number of hydrogen-bond acceptors (Lipinski definition) is 12. The van der Waals surface area contributed by atoms with Crippen LogP contribution >= 0.6 is 11.3 Å². The van der Waals surface area contributed by atoms with E-state index in [-0.39, 0.29) is 60.6 Å². The van der Waals surface area contributed by atoms with Crippen molar-refractivity contribution in [2.75, 3.05) is 73.4 Å². The molecule has 3 unspecified atom stereocenters. The van der Waals surface area contributed by atoms with Crippen LogP contribution in [0.25, 0.3) is 16.0 Å². The van der Waals surface area contributed by atoms with E-state index in [2.05, 4.69) is 31.7 Å². The average Bonchev–Trinajstić information content (AvgIpc) is 4.21. The summed E-state index contributed by atoms with van der Waals surface area (Å²) in [5.74, 6) is -0.697. The van der Waals surface area contributed by atoms with E-state index in [1.807, 2.05) is 68.4 Å². The van der Waals surface area contributed by atoms with Crippen molar-refractivity contribution in [2.24, 2.45) is 5.41 Å². The molecular formula is C55H75F2IN11O6S-. The fraction of sp³-hybridized carbons (Fsp3) is 0.564. The van der Waals surface area contributed by atoms with E-state index in [1.165, 1.54) is 6.07 Å². The first kappa shape index (κ1) is 57.1. The Hall–Kier alpha value is -5.07. The summed E-state index contributed by atoms with van der Waals surface area (Å²) < 4.78 is 36.1. The molecule has 6 heterocycles. The number of amidine groups is 1. The quantitative estimate of drug-likeness (QED) is 0.0141. The molecule has 0 radical (unpaired) electrons. The molecule has 6 N–H and O–H groups in total. The number of carbonyl (C=O) groups excluding carboxylic acids is 4. The summed E-state index contributed by atoms with van der Waals surface area (Å²) >= 11 is 1.20. The number of ether oxygens (including phenoxy) is 1. The average molecular weight is 1180 g/mol. The van der Waals surface area contributed by atoms with Gasteiger partial charge in [0.25, 0.3) is 6.43 Å². The minimum Gasteiger partial charge on any atom is -0.205 e. The summed E-state index contributed by atoms with van der Waals surface area (Å²) in [6.45, 7) is 11.2. The number of thiazole rings is 1. The van der Waals surface area contributed by atoms with Crippen LogP contribution in [0.2, 0.25) is 0 Å². The molecule has 5 aliphatic rings. The molecule has 8 rings (SSSR count). The molecule has 76 heavy (non-hydrogen) atoms. The van der Waals surface area contributed by atoms with Gasteiger partial charge >= 0.3 is 235 Å². The van der Waals surface area contributed by atoms with Gasteiger partial charge in [-0.25, -0.2) is 8.78 Å². The Morgan fingerprint density at radius 2 is 1.79 bits per heavy atom. The summed E-state index contributed by atoms with van der Waals surface area (Å²) in [7, 11) is 1.62.